The molecule has 1 atom stereocenters. The second-order valence-electron chi connectivity index (χ2n) is 5.25. The maximum absolute atomic E-state index is 12.1. The summed E-state index contributed by atoms with van der Waals surface area (Å²) in [5, 5.41) is 22.7. The first-order valence-corrected chi connectivity index (χ1v) is 6.43. The lowest BCUT2D eigenvalue weighted by Gasteiger charge is -2.28. The Hall–Kier alpha value is -1.59. The highest BCUT2D eigenvalue weighted by molar-refractivity contribution is 5.78. The van der Waals surface area contributed by atoms with E-state index in [1.165, 1.54) is 0 Å². The first-order chi connectivity index (χ1) is 8.98. The number of hydrogen-bond donors (Lipinski definition) is 3. The molecule has 1 aromatic rings. The number of amides is 1. The van der Waals surface area contributed by atoms with Gasteiger partial charge in [0.05, 0.1) is 18.6 Å². The molecular weight excluding hydrogens is 244 g/mol. The Labute approximate surface area is 112 Å². The van der Waals surface area contributed by atoms with Gasteiger partial charge in [-0.05, 0) is 30.7 Å². The normalized spacial score (nSPS) is 22.4. The number of aromatic hydroxyl groups is 1. The van der Waals surface area contributed by atoms with Gasteiger partial charge >= 0.3 is 0 Å². The summed E-state index contributed by atoms with van der Waals surface area (Å²) in [5.74, 6) is 0.0949. The van der Waals surface area contributed by atoms with Crippen molar-refractivity contribution in [1.82, 2.24) is 10.2 Å². The Morgan fingerprint density at radius 3 is 2.95 bits per heavy atom. The summed E-state index contributed by atoms with van der Waals surface area (Å²) >= 11 is 0. The summed E-state index contributed by atoms with van der Waals surface area (Å²) in [6, 6.07) is 6.67. The van der Waals surface area contributed by atoms with E-state index >= 15 is 0 Å². The zero-order chi connectivity index (χ0) is 13.9. The fraction of sp³-hybridized carbons (Fsp3) is 0.500. The fourth-order valence-electron chi connectivity index (χ4n) is 2.37. The second kappa shape index (κ2) is 5.59. The van der Waals surface area contributed by atoms with Gasteiger partial charge in [-0.25, -0.2) is 0 Å². The van der Waals surface area contributed by atoms with Crippen molar-refractivity contribution in [2.45, 2.75) is 18.4 Å². The minimum atomic E-state index is -0.816. The summed E-state index contributed by atoms with van der Waals surface area (Å²) in [5.41, 5.74) is -0.0446. The number of likely N-dealkylation sites (N-methyl/N-ethyl adjacent to an activating group) is 1. The summed E-state index contributed by atoms with van der Waals surface area (Å²) < 4.78 is 0. The van der Waals surface area contributed by atoms with Crippen molar-refractivity contribution in [1.29, 1.82) is 0 Å². The van der Waals surface area contributed by atoms with Crippen molar-refractivity contribution in [2.24, 2.45) is 0 Å². The van der Waals surface area contributed by atoms with Crippen LogP contribution in [0.15, 0.2) is 24.3 Å². The van der Waals surface area contributed by atoms with Gasteiger partial charge < -0.3 is 20.4 Å². The van der Waals surface area contributed by atoms with Gasteiger partial charge in [0, 0.05) is 13.6 Å². The van der Waals surface area contributed by atoms with Crippen LogP contribution in [0.3, 0.4) is 0 Å². The molecule has 2 rings (SSSR count). The van der Waals surface area contributed by atoms with Crippen molar-refractivity contribution in [3.05, 3.63) is 29.8 Å². The zero-order valence-electron chi connectivity index (χ0n) is 11.1. The predicted molar refractivity (Wildman–Crippen MR) is 71.9 cm³/mol. The lowest BCUT2D eigenvalue weighted by atomic mass is 10.0. The van der Waals surface area contributed by atoms with E-state index in [-0.39, 0.29) is 18.1 Å². The maximum atomic E-state index is 12.1. The number of nitrogens with zero attached hydrogens (tertiary/aromatic N) is 1. The summed E-state index contributed by atoms with van der Waals surface area (Å²) in [7, 11) is 1.70. The van der Waals surface area contributed by atoms with E-state index in [9.17, 15) is 15.0 Å². The first-order valence-electron chi connectivity index (χ1n) is 6.43. The van der Waals surface area contributed by atoms with Gasteiger partial charge in [0.2, 0.25) is 5.91 Å². The summed E-state index contributed by atoms with van der Waals surface area (Å²) in [6.45, 7) is 1.64. The van der Waals surface area contributed by atoms with Crippen LogP contribution in [-0.4, -0.2) is 53.3 Å². The third-order valence-corrected chi connectivity index (χ3v) is 3.44. The minimum Gasteiger partial charge on any atom is -0.508 e. The van der Waals surface area contributed by atoms with Crippen molar-refractivity contribution in [2.75, 3.05) is 26.7 Å². The van der Waals surface area contributed by atoms with E-state index in [0.29, 0.717) is 19.5 Å². The maximum Gasteiger partial charge on any atom is 0.226 e. The molecule has 5 nitrogen and oxygen atoms in total. The van der Waals surface area contributed by atoms with Gasteiger partial charge in [-0.1, -0.05) is 12.1 Å². The topological polar surface area (TPSA) is 72.8 Å². The number of nitrogens with one attached hydrogen (secondary N) is 1. The number of carbonyl (C=O) groups excluding carboxylic acids is 1. The molecule has 0 aromatic heterocycles. The van der Waals surface area contributed by atoms with Crippen LogP contribution in [0.4, 0.5) is 0 Å². The quantitative estimate of drug-likeness (QED) is 0.722. The number of β-amino-alcohol motifs (C(OH)–C–C–N with tert-alkyl or cyclic N) is 1. The molecule has 1 amide bonds. The van der Waals surface area contributed by atoms with Gasteiger partial charge in [0.15, 0.2) is 0 Å². The molecule has 1 unspecified atom stereocenters. The van der Waals surface area contributed by atoms with E-state index in [2.05, 4.69) is 5.32 Å². The second-order valence-corrected chi connectivity index (χ2v) is 5.25. The van der Waals surface area contributed by atoms with Crippen LogP contribution >= 0.6 is 0 Å². The van der Waals surface area contributed by atoms with E-state index in [1.807, 2.05) is 0 Å². The van der Waals surface area contributed by atoms with Crippen molar-refractivity contribution >= 4 is 5.91 Å². The Kier molecular flexibility index (Phi) is 4.07. The molecule has 1 heterocycles. The van der Waals surface area contributed by atoms with Gasteiger partial charge in [-0.15, -0.1) is 0 Å². The highest BCUT2D eigenvalue weighted by atomic mass is 16.3. The fourth-order valence-corrected chi connectivity index (χ4v) is 2.37. The van der Waals surface area contributed by atoms with E-state index < -0.39 is 5.60 Å². The number of rotatable bonds is 4. The third kappa shape index (κ3) is 3.68. The number of phenols is 1. The number of hydrogen-bond acceptors (Lipinski definition) is 4. The van der Waals surface area contributed by atoms with Gasteiger partial charge in [-0.2, -0.15) is 0 Å². The Balaban J connectivity index is 1.92. The summed E-state index contributed by atoms with van der Waals surface area (Å²) in [6.07, 6.45) is 0.894. The van der Waals surface area contributed by atoms with Gasteiger partial charge in [0.1, 0.15) is 5.75 Å². The number of aliphatic hydroxyl groups is 1. The molecule has 1 aliphatic heterocycles. The number of phenolic OH excluding ortho intramolecular Hbond substituents is 1. The van der Waals surface area contributed by atoms with Crippen LogP contribution in [0.1, 0.15) is 12.0 Å². The first kappa shape index (κ1) is 13.8. The van der Waals surface area contributed by atoms with E-state index in [1.54, 1.807) is 36.2 Å². The summed E-state index contributed by atoms with van der Waals surface area (Å²) in [4.78, 5) is 13.6. The monoisotopic (exact) mass is 264 g/mol. The van der Waals surface area contributed by atoms with Crippen molar-refractivity contribution < 1.29 is 15.0 Å². The number of carbonyl (C=O) groups is 1. The molecule has 104 valence electrons. The molecule has 0 bridgehead atoms. The Bertz CT molecular complexity index is 456. The largest absolute Gasteiger partial charge is 0.508 e. The Morgan fingerprint density at radius 1 is 1.53 bits per heavy atom. The SMILES string of the molecule is CN(CC1(O)CCNC1)C(=O)Cc1cccc(O)c1. The van der Waals surface area contributed by atoms with Crippen LogP contribution in [-0.2, 0) is 11.2 Å². The molecule has 0 saturated carbocycles. The van der Waals surface area contributed by atoms with E-state index in [4.69, 9.17) is 0 Å². The molecular formula is C14H20N2O3. The number of benzene rings is 1. The molecule has 1 aliphatic rings. The molecule has 3 N–H and O–H groups in total. The average molecular weight is 264 g/mol. The molecule has 1 fully saturated rings. The van der Waals surface area contributed by atoms with Crippen LogP contribution in [0, 0.1) is 0 Å². The van der Waals surface area contributed by atoms with Crippen LogP contribution < -0.4 is 5.32 Å². The van der Waals surface area contributed by atoms with E-state index in [0.717, 1.165) is 12.1 Å². The van der Waals surface area contributed by atoms with Gasteiger partial charge in [0.25, 0.3) is 0 Å². The molecule has 0 spiro atoms. The smallest absolute Gasteiger partial charge is 0.226 e. The van der Waals surface area contributed by atoms with Crippen LogP contribution in [0.2, 0.25) is 0 Å². The highest BCUT2D eigenvalue weighted by Crippen LogP contribution is 2.16. The molecule has 1 saturated heterocycles. The molecule has 5 heteroatoms. The standard InChI is InChI=1S/C14H20N2O3/c1-16(10-14(19)5-6-15-9-14)13(18)8-11-3-2-4-12(17)7-11/h2-4,7,15,17,19H,5-6,8-10H2,1H3. The molecule has 0 radical (unpaired) electrons. The minimum absolute atomic E-state index is 0.0640. The third-order valence-electron chi connectivity index (χ3n) is 3.44. The van der Waals surface area contributed by atoms with Crippen molar-refractivity contribution in [3.8, 4) is 5.75 Å². The lowest BCUT2D eigenvalue weighted by molar-refractivity contribution is -0.132. The van der Waals surface area contributed by atoms with Crippen LogP contribution in [0.25, 0.3) is 0 Å². The lowest BCUT2D eigenvalue weighted by Crippen LogP contribution is -2.45. The molecule has 19 heavy (non-hydrogen) atoms. The van der Waals surface area contributed by atoms with Gasteiger partial charge in [-0.3, -0.25) is 4.79 Å². The highest BCUT2D eigenvalue weighted by Gasteiger charge is 2.33. The van der Waals surface area contributed by atoms with Crippen molar-refractivity contribution in [3.63, 3.8) is 0 Å². The Morgan fingerprint density at radius 2 is 2.32 bits per heavy atom. The predicted octanol–water partition coefficient (Wildman–Crippen LogP) is 0.117. The molecule has 0 aliphatic carbocycles. The molecule has 1 aromatic carbocycles. The average Bonchev–Trinajstić information content (AvgIpc) is 2.75. The van der Waals surface area contributed by atoms with Crippen LogP contribution in [0.5, 0.6) is 5.75 Å². The zero-order valence-corrected chi connectivity index (χ0v) is 11.1.